The second-order valence-electron chi connectivity index (χ2n) is 8.71. The van der Waals surface area contributed by atoms with Crippen LogP contribution in [0.4, 0.5) is 11.4 Å². The third-order valence-electron chi connectivity index (χ3n) is 6.33. The molecule has 0 radical (unpaired) electrons. The van der Waals surface area contributed by atoms with Gasteiger partial charge in [0, 0.05) is 22.6 Å². The maximum absolute atomic E-state index is 13.3. The van der Waals surface area contributed by atoms with E-state index in [2.05, 4.69) is 4.98 Å². The van der Waals surface area contributed by atoms with Gasteiger partial charge in [-0.25, -0.2) is 9.69 Å². The van der Waals surface area contributed by atoms with Gasteiger partial charge in [-0.15, -0.1) is 0 Å². The van der Waals surface area contributed by atoms with Gasteiger partial charge in [-0.3, -0.25) is 29.5 Å². The lowest BCUT2D eigenvalue weighted by Crippen LogP contribution is -2.29. The molecule has 2 amide bonds. The van der Waals surface area contributed by atoms with Crippen molar-refractivity contribution in [3.63, 3.8) is 0 Å². The van der Waals surface area contributed by atoms with Crippen LogP contribution in [0.2, 0.25) is 0 Å². The van der Waals surface area contributed by atoms with Crippen molar-refractivity contribution in [3.05, 3.63) is 110 Å². The number of nitro groups is 1. The van der Waals surface area contributed by atoms with Gasteiger partial charge < -0.3 is 4.74 Å². The van der Waals surface area contributed by atoms with Crippen LogP contribution in [-0.4, -0.2) is 40.1 Å². The van der Waals surface area contributed by atoms with Crippen molar-refractivity contribution in [1.29, 1.82) is 0 Å². The Labute approximate surface area is 215 Å². The monoisotopic (exact) mass is 509 g/mol. The molecule has 1 aliphatic heterocycles. The molecule has 1 aliphatic rings. The Morgan fingerprint density at radius 3 is 2.29 bits per heavy atom. The number of esters is 1. The molecule has 0 unspecified atom stereocenters. The molecule has 0 spiro atoms. The van der Waals surface area contributed by atoms with Crippen LogP contribution in [0.5, 0.6) is 0 Å². The lowest BCUT2D eigenvalue weighted by atomic mass is 10.0. The number of ketones is 1. The first-order valence-corrected chi connectivity index (χ1v) is 11.5. The third kappa shape index (κ3) is 4.07. The summed E-state index contributed by atoms with van der Waals surface area (Å²) in [6.45, 7) is 2.62. The molecule has 0 aliphatic carbocycles. The molecule has 10 heteroatoms. The van der Waals surface area contributed by atoms with Gasteiger partial charge in [0.25, 0.3) is 17.5 Å². The first-order valence-electron chi connectivity index (χ1n) is 11.5. The third-order valence-corrected chi connectivity index (χ3v) is 6.33. The van der Waals surface area contributed by atoms with E-state index >= 15 is 0 Å². The maximum atomic E-state index is 13.3. The lowest BCUT2D eigenvalue weighted by molar-refractivity contribution is -0.385. The van der Waals surface area contributed by atoms with E-state index in [0.717, 1.165) is 11.0 Å². The smallest absolute Gasteiger partial charge is 0.338 e. The van der Waals surface area contributed by atoms with Crippen LogP contribution in [0.1, 0.15) is 52.7 Å². The van der Waals surface area contributed by atoms with Crippen molar-refractivity contribution in [2.45, 2.75) is 13.8 Å². The van der Waals surface area contributed by atoms with E-state index in [0.29, 0.717) is 22.2 Å². The van der Waals surface area contributed by atoms with Crippen LogP contribution >= 0.6 is 0 Å². The molecule has 5 rings (SSSR count). The molecule has 188 valence electrons. The van der Waals surface area contributed by atoms with E-state index in [9.17, 15) is 29.3 Å². The van der Waals surface area contributed by atoms with E-state index in [1.54, 1.807) is 38.1 Å². The van der Waals surface area contributed by atoms with E-state index in [4.69, 9.17) is 4.74 Å². The van der Waals surface area contributed by atoms with Crippen LogP contribution in [0.3, 0.4) is 0 Å². The largest absolute Gasteiger partial charge is 0.454 e. The minimum absolute atomic E-state index is 0.0494. The summed E-state index contributed by atoms with van der Waals surface area (Å²) in [6.07, 6.45) is 0. The van der Waals surface area contributed by atoms with Gasteiger partial charge in [0.05, 0.1) is 38.5 Å². The molecule has 0 bridgehead atoms. The number of nitrogens with zero attached hydrogens (tertiary/aromatic N) is 3. The molecule has 4 aromatic rings. The quantitative estimate of drug-likeness (QED) is 0.121. The highest BCUT2D eigenvalue weighted by Crippen LogP contribution is 2.34. The first kappa shape index (κ1) is 24.4. The Hall–Kier alpha value is -5.25. The molecule has 0 saturated heterocycles. The summed E-state index contributed by atoms with van der Waals surface area (Å²) < 4.78 is 5.08. The predicted molar refractivity (Wildman–Crippen MR) is 137 cm³/mol. The molecular formula is C28H19N3O7. The summed E-state index contributed by atoms with van der Waals surface area (Å²) in [5.41, 5.74) is 2.20. The Kier molecular flexibility index (Phi) is 6.00. The highest BCUT2D eigenvalue weighted by molar-refractivity contribution is 6.37. The number of pyridine rings is 1. The summed E-state index contributed by atoms with van der Waals surface area (Å²) in [4.78, 5) is 67.4. The molecule has 38 heavy (non-hydrogen) atoms. The van der Waals surface area contributed by atoms with E-state index in [-0.39, 0.29) is 33.6 Å². The standard InChI is InChI=1S/C28H19N3O7/c1-15-7-8-18(13-22(15)31(36)37)23(32)14-38-28(35)17-9-11-19(12-10-17)30-26(33)24-16(2)29-21-6-4-3-5-20(21)25(24)27(30)34/h3-13H,14H2,1-2H3. The summed E-state index contributed by atoms with van der Waals surface area (Å²) >= 11 is 0. The number of anilines is 1. The zero-order valence-electron chi connectivity index (χ0n) is 20.3. The Balaban J connectivity index is 1.32. The first-order chi connectivity index (χ1) is 18.2. The predicted octanol–water partition coefficient (Wildman–Crippen LogP) is 4.60. The second-order valence-corrected chi connectivity index (χ2v) is 8.71. The van der Waals surface area contributed by atoms with Gasteiger partial charge in [-0.2, -0.15) is 0 Å². The van der Waals surface area contributed by atoms with Crippen molar-refractivity contribution >= 4 is 45.8 Å². The number of nitro benzene ring substituents is 1. The summed E-state index contributed by atoms with van der Waals surface area (Å²) in [5.74, 6) is -2.39. The number of hydrogen-bond acceptors (Lipinski definition) is 8. The minimum atomic E-state index is -0.806. The number of aryl methyl sites for hydroxylation is 2. The average Bonchev–Trinajstić information content (AvgIpc) is 3.18. The topological polar surface area (TPSA) is 137 Å². The summed E-state index contributed by atoms with van der Waals surface area (Å²) in [6, 6.07) is 16.7. The fourth-order valence-corrected chi connectivity index (χ4v) is 4.39. The molecule has 10 nitrogen and oxygen atoms in total. The van der Waals surface area contributed by atoms with E-state index < -0.39 is 35.1 Å². The van der Waals surface area contributed by atoms with Crippen molar-refractivity contribution in [1.82, 2.24) is 4.98 Å². The number of aromatic nitrogens is 1. The lowest BCUT2D eigenvalue weighted by Gasteiger charge is -2.14. The van der Waals surface area contributed by atoms with E-state index in [1.807, 2.05) is 0 Å². The van der Waals surface area contributed by atoms with Gasteiger partial charge in [0.2, 0.25) is 5.78 Å². The number of para-hydroxylation sites is 1. The molecule has 2 heterocycles. The van der Waals surface area contributed by atoms with Crippen LogP contribution < -0.4 is 4.90 Å². The number of amides is 2. The normalized spacial score (nSPS) is 12.5. The number of rotatable bonds is 6. The number of Topliss-reactive ketones (excluding diaryl/α,β-unsaturated/α-hetero) is 1. The molecule has 0 N–H and O–H groups in total. The van der Waals surface area contributed by atoms with Gasteiger partial charge in [-0.1, -0.05) is 30.3 Å². The Morgan fingerprint density at radius 1 is 0.921 bits per heavy atom. The van der Waals surface area contributed by atoms with Crippen LogP contribution in [-0.2, 0) is 4.74 Å². The van der Waals surface area contributed by atoms with Gasteiger partial charge in [0.15, 0.2) is 6.61 Å². The minimum Gasteiger partial charge on any atom is -0.454 e. The van der Waals surface area contributed by atoms with Crippen molar-refractivity contribution < 1.29 is 28.8 Å². The summed E-state index contributed by atoms with van der Waals surface area (Å²) in [5, 5.41) is 11.7. The number of fused-ring (bicyclic) bond motifs is 3. The summed E-state index contributed by atoms with van der Waals surface area (Å²) in [7, 11) is 0. The fourth-order valence-electron chi connectivity index (χ4n) is 4.39. The molecule has 3 aromatic carbocycles. The highest BCUT2D eigenvalue weighted by atomic mass is 16.6. The van der Waals surface area contributed by atoms with Crippen molar-refractivity contribution in [2.24, 2.45) is 0 Å². The fraction of sp³-hybridized carbons (Fsp3) is 0.107. The number of ether oxygens (including phenoxy) is 1. The van der Waals surface area contributed by atoms with Crippen molar-refractivity contribution in [2.75, 3.05) is 11.5 Å². The zero-order valence-corrected chi connectivity index (χ0v) is 20.3. The van der Waals surface area contributed by atoms with Crippen LogP contribution in [0.15, 0.2) is 66.7 Å². The van der Waals surface area contributed by atoms with E-state index in [1.165, 1.54) is 36.4 Å². The van der Waals surface area contributed by atoms with Crippen LogP contribution in [0, 0.1) is 24.0 Å². The van der Waals surface area contributed by atoms with Crippen molar-refractivity contribution in [3.8, 4) is 0 Å². The number of hydrogen-bond donors (Lipinski definition) is 0. The van der Waals surface area contributed by atoms with Gasteiger partial charge in [0.1, 0.15) is 0 Å². The van der Waals surface area contributed by atoms with Gasteiger partial charge >= 0.3 is 5.97 Å². The number of imide groups is 1. The number of carbonyl (C=O) groups is 4. The van der Waals surface area contributed by atoms with Crippen LogP contribution in [0.25, 0.3) is 10.9 Å². The van der Waals surface area contributed by atoms with Gasteiger partial charge in [-0.05, 0) is 44.2 Å². The zero-order chi connectivity index (χ0) is 27.1. The number of benzene rings is 3. The Morgan fingerprint density at radius 2 is 1.58 bits per heavy atom. The molecule has 0 saturated carbocycles. The Bertz CT molecular complexity index is 1690. The molecule has 0 fully saturated rings. The molecule has 0 atom stereocenters. The average molecular weight is 509 g/mol. The molecular weight excluding hydrogens is 490 g/mol. The second kappa shape index (κ2) is 9.32. The molecule has 1 aromatic heterocycles. The maximum Gasteiger partial charge on any atom is 0.338 e. The highest BCUT2D eigenvalue weighted by Gasteiger charge is 2.40. The SMILES string of the molecule is Cc1ccc(C(=O)COC(=O)c2ccc(N3C(=O)c4c(C)nc5ccccc5c4C3=O)cc2)cc1[N+](=O)[O-]. The number of carbonyl (C=O) groups excluding carboxylic acids is 4.